The van der Waals surface area contributed by atoms with Crippen LogP contribution in [0.3, 0.4) is 0 Å². The summed E-state index contributed by atoms with van der Waals surface area (Å²) in [6.45, 7) is 4.88. The molecule has 0 aliphatic carbocycles. The molecule has 1 aliphatic heterocycles. The summed E-state index contributed by atoms with van der Waals surface area (Å²) in [4.78, 5) is 37.3. The number of allylic oxidation sites excluding steroid dienone is 2. The van der Waals surface area contributed by atoms with E-state index >= 15 is 0 Å². The summed E-state index contributed by atoms with van der Waals surface area (Å²) < 4.78 is 15.6. The second-order valence-corrected chi connectivity index (χ2v) is 10.9. The van der Waals surface area contributed by atoms with E-state index < -0.39 is 18.3 Å². The van der Waals surface area contributed by atoms with Gasteiger partial charge in [0, 0.05) is 32.8 Å². The maximum Gasteiger partial charge on any atom is 0.407 e. The zero-order valence-electron chi connectivity index (χ0n) is 26.1. The zero-order valence-corrected chi connectivity index (χ0v) is 26.1. The topological polar surface area (TPSA) is 106 Å². The number of hydrogen-bond acceptors (Lipinski definition) is 6. The van der Waals surface area contributed by atoms with E-state index in [9.17, 15) is 14.4 Å². The predicted octanol–water partition coefficient (Wildman–Crippen LogP) is 7.02. The Balaban J connectivity index is 1.95. The van der Waals surface area contributed by atoms with E-state index in [1.807, 2.05) is 12.2 Å². The largest absolute Gasteiger partial charge is 0.447 e. The zero-order chi connectivity index (χ0) is 30.0. The Morgan fingerprint density at radius 1 is 0.780 bits per heavy atom. The van der Waals surface area contributed by atoms with Crippen LogP contribution >= 0.6 is 0 Å². The lowest BCUT2D eigenvalue weighted by Gasteiger charge is -2.25. The predicted molar refractivity (Wildman–Crippen MR) is 164 cm³/mol. The molecule has 9 nitrogen and oxygen atoms in total. The van der Waals surface area contributed by atoms with E-state index in [2.05, 4.69) is 17.6 Å². The number of carbonyl (C=O) groups is 3. The third kappa shape index (κ3) is 20.0. The van der Waals surface area contributed by atoms with Gasteiger partial charge in [0.05, 0.1) is 6.54 Å². The van der Waals surface area contributed by atoms with Crippen LogP contribution in [0.5, 0.6) is 0 Å². The Morgan fingerprint density at radius 2 is 1.27 bits per heavy atom. The molecule has 0 spiro atoms. The quantitative estimate of drug-likeness (QED) is 0.119. The molecule has 41 heavy (non-hydrogen) atoms. The molecule has 1 rings (SSSR count). The lowest BCUT2D eigenvalue weighted by Crippen LogP contribution is -2.38. The number of carbonyl (C=O) groups excluding carboxylic acids is 3. The summed E-state index contributed by atoms with van der Waals surface area (Å²) in [5.74, 6) is -0.0968. The first-order chi connectivity index (χ1) is 20.0. The Kier molecular flexibility index (Phi) is 22.4. The fourth-order valence-electron chi connectivity index (χ4n) is 4.69. The number of nitrogens with zero attached hydrogens (tertiary/aromatic N) is 1. The first-order valence-electron chi connectivity index (χ1n) is 16.0. The van der Waals surface area contributed by atoms with Crippen LogP contribution in [-0.4, -0.2) is 69.1 Å². The highest BCUT2D eigenvalue weighted by atomic mass is 16.6. The molecular formula is C32H57N3O6. The van der Waals surface area contributed by atoms with Gasteiger partial charge < -0.3 is 29.7 Å². The minimum absolute atomic E-state index is 0.0252. The van der Waals surface area contributed by atoms with E-state index in [1.165, 1.54) is 104 Å². The number of methoxy groups -OCH3 is 1. The van der Waals surface area contributed by atoms with Crippen LogP contribution in [0.25, 0.3) is 0 Å². The average Bonchev–Trinajstić information content (AvgIpc) is 2.97. The molecule has 0 aromatic carbocycles. The SMILES string of the molecule is CCCCCCCCCCCCCCCCCCNC(=O)OCC(COC(=O)NCC1=CC=CCN1C(C)=O)OC. The molecule has 9 heteroatoms. The van der Waals surface area contributed by atoms with Crippen molar-refractivity contribution in [3.63, 3.8) is 0 Å². The summed E-state index contributed by atoms with van der Waals surface area (Å²) in [6.07, 6.45) is 24.8. The van der Waals surface area contributed by atoms with Gasteiger partial charge in [-0.05, 0) is 12.5 Å². The molecule has 1 heterocycles. The van der Waals surface area contributed by atoms with E-state index in [0.29, 0.717) is 18.8 Å². The summed E-state index contributed by atoms with van der Waals surface area (Å²) in [5.41, 5.74) is 0.685. The van der Waals surface area contributed by atoms with Crippen molar-refractivity contribution in [3.8, 4) is 0 Å². The maximum absolute atomic E-state index is 12.0. The fraction of sp³-hybridized carbons (Fsp3) is 0.781. The van der Waals surface area contributed by atoms with Crippen LogP contribution in [0.1, 0.15) is 117 Å². The maximum atomic E-state index is 12.0. The number of rotatable bonds is 24. The second kappa shape index (κ2) is 25.2. The van der Waals surface area contributed by atoms with E-state index in [0.717, 1.165) is 12.8 Å². The minimum atomic E-state index is -0.640. The number of unbranched alkanes of at least 4 members (excludes halogenated alkanes) is 15. The van der Waals surface area contributed by atoms with Crippen molar-refractivity contribution in [2.24, 2.45) is 0 Å². The summed E-state index contributed by atoms with van der Waals surface area (Å²) in [6, 6.07) is 0. The Bertz CT molecular complexity index is 771. The molecule has 0 bridgehead atoms. The molecule has 1 aliphatic rings. The van der Waals surface area contributed by atoms with Gasteiger partial charge in [-0.2, -0.15) is 0 Å². The Morgan fingerprint density at radius 3 is 1.76 bits per heavy atom. The highest BCUT2D eigenvalue weighted by Gasteiger charge is 2.17. The average molecular weight is 580 g/mol. The van der Waals surface area contributed by atoms with Crippen molar-refractivity contribution < 1.29 is 28.6 Å². The molecule has 0 saturated carbocycles. The number of nitrogens with one attached hydrogen (secondary N) is 2. The molecule has 1 atom stereocenters. The fourth-order valence-corrected chi connectivity index (χ4v) is 4.69. The van der Waals surface area contributed by atoms with Gasteiger partial charge in [-0.15, -0.1) is 0 Å². The first-order valence-corrected chi connectivity index (χ1v) is 16.0. The number of ether oxygens (including phenoxy) is 3. The highest BCUT2D eigenvalue weighted by molar-refractivity contribution is 5.76. The standard InChI is InChI=1S/C32H57N3O6/c1-4-5-6-7-8-9-10-11-12-13-14-15-16-17-18-20-23-33-31(37)40-26-30(39-3)27-41-32(38)34-25-29-22-19-21-24-35(29)28(2)36/h19,21-22,30H,4-18,20,23-27H2,1-3H3,(H,33,37)(H,34,38). The third-order valence-electron chi connectivity index (χ3n) is 7.29. The molecule has 0 radical (unpaired) electrons. The van der Waals surface area contributed by atoms with Crippen LogP contribution in [0.2, 0.25) is 0 Å². The Labute approximate surface area is 248 Å². The normalized spacial score (nSPS) is 13.4. The Hall–Kier alpha value is -2.55. The molecule has 0 fully saturated rings. The van der Waals surface area contributed by atoms with Crippen molar-refractivity contribution in [3.05, 3.63) is 23.9 Å². The summed E-state index contributed by atoms with van der Waals surface area (Å²) in [7, 11) is 1.47. The molecule has 0 saturated heterocycles. The van der Waals surface area contributed by atoms with Gasteiger partial charge in [-0.1, -0.05) is 115 Å². The summed E-state index contributed by atoms with van der Waals surface area (Å²) >= 11 is 0. The van der Waals surface area contributed by atoms with Crippen molar-refractivity contribution in [1.82, 2.24) is 15.5 Å². The van der Waals surface area contributed by atoms with Crippen LogP contribution in [0.4, 0.5) is 9.59 Å². The molecule has 2 N–H and O–H groups in total. The van der Waals surface area contributed by atoms with Gasteiger partial charge >= 0.3 is 12.2 Å². The van der Waals surface area contributed by atoms with Crippen molar-refractivity contribution in [1.29, 1.82) is 0 Å². The van der Waals surface area contributed by atoms with E-state index in [-0.39, 0.29) is 25.7 Å². The van der Waals surface area contributed by atoms with Gasteiger partial charge in [0.1, 0.15) is 19.3 Å². The van der Waals surface area contributed by atoms with Crippen molar-refractivity contribution in [2.75, 3.05) is 40.0 Å². The molecule has 1 unspecified atom stereocenters. The third-order valence-corrected chi connectivity index (χ3v) is 7.29. The smallest absolute Gasteiger partial charge is 0.407 e. The van der Waals surface area contributed by atoms with Crippen LogP contribution in [0.15, 0.2) is 23.9 Å². The monoisotopic (exact) mass is 579 g/mol. The first kappa shape index (κ1) is 36.5. The molecular weight excluding hydrogens is 522 g/mol. The van der Waals surface area contributed by atoms with Gasteiger partial charge in [-0.25, -0.2) is 9.59 Å². The van der Waals surface area contributed by atoms with Crippen LogP contribution in [0, 0.1) is 0 Å². The van der Waals surface area contributed by atoms with E-state index in [4.69, 9.17) is 14.2 Å². The second-order valence-electron chi connectivity index (χ2n) is 10.9. The van der Waals surface area contributed by atoms with Crippen molar-refractivity contribution >= 4 is 18.1 Å². The van der Waals surface area contributed by atoms with Gasteiger partial charge in [0.2, 0.25) is 5.91 Å². The lowest BCUT2D eigenvalue weighted by atomic mass is 10.0. The van der Waals surface area contributed by atoms with Gasteiger partial charge in [0.15, 0.2) is 0 Å². The molecule has 236 valence electrons. The lowest BCUT2D eigenvalue weighted by molar-refractivity contribution is -0.126. The van der Waals surface area contributed by atoms with Crippen molar-refractivity contribution in [2.45, 2.75) is 123 Å². The van der Waals surface area contributed by atoms with Gasteiger partial charge in [0.25, 0.3) is 0 Å². The minimum Gasteiger partial charge on any atom is -0.447 e. The number of alkyl carbamates (subject to hydrolysis) is 2. The molecule has 0 aromatic heterocycles. The van der Waals surface area contributed by atoms with Crippen LogP contribution < -0.4 is 10.6 Å². The van der Waals surface area contributed by atoms with Gasteiger partial charge in [-0.3, -0.25) is 4.79 Å². The van der Waals surface area contributed by atoms with Crippen LogP contribution in [-0.2, 0) is 19.0 Å². The molecule has 3 amide bonds. The number of hydrogen-bond donors (Lipinski definition) is 2. The van der Waals surface area contributed by atoms with E-state index in [1.54, 1.807) is 11.0 Å². The highest BCUT2D eigenvalue weighted by Crippen LogP contribution is 2.14. The molecule has 0 aromatic rings. The number of amides is 3. The summed E-state index contributed by atoms with van der Waals surface area (Å²) in [5, 5.41) is 5.39.